The first-order valence-corrected chi connectivity index (χ1v) is 20.6. The van der Waals surface area contributed by atoms with E-state index in [1.165, 1.54) is 16.7 Å². The maximum Gasteiger partial charge on any atom is 0.393 e. The van der Waals surface area contributed by atoms with Crippen molar-refractivity contribution >= 4 is 41.1 Å². The van der Waals surface area contributed by atoms with Crippen molar-refractivity contribution in [1.29, 1.82) is 0 Å². The summed E-state index contributed by atoms with van der Waals surface area (Å²) < 4.78 is 41.1. The molecule has 2 N–H and O–H groups in total. The van der Waals surface area contributed by atoms with E-state index >= 15 is 0 Å². The minimum Gasteiger partial charge on any atom is -0.344 e. The Kier molecular flexibility index (Phi) is 13.6. The second kappa shape index (κ2) is 18.5. The lowest BCUT2D eigenvalue weighted by Gasteiger charge is -2.39. The number of para-hydroxylation sites is 1. The average molecular weight is 777 g/mol. The number of hydrogen-bond acceptors (Lipinski definition) is 5. The Bertz CT molecular complexity index is 1780. The van der Waals surface area contributed by atoms with Crippen LogP contribution in [0.5, 0.6) is 0 Å². The van der Waals surface area contributed by atoms with E-state index in [4.69, 9.17) is 0 Å². The highest BCUT2D eigenvalue weighted by atomic mass is 32.2. The quantitative estimate of drug-likeness (QED) is 0.202. The van der Waals surface area contributed by atoms with Crippen molar-refractivity contribution in [3.63, 3.8) is 0 Å². The standard InChI is InChI=1S/C43H51F3N4O4S/c1-29-12-8-9-18-37(29)49-24-11-10-17-35(41(49)53)47-39(51)32(26-30-13-4-2-5-14-30)19-20-33(27-31-15-6-3-7-16-31)40(52)48-36-23-25-55-38-22-21-34(43(44,45)46)28-50(38)42(36)54/h2-9,12-16,18,32-36,38H,10-11,17,19-28H2,1H3,(H,47,51)(H,48,52)/t32-,33-,34-,35+,36+,38+/m1/s1. The molecule has 0 unspecified atom stereocenters. The molecule has 3 heterocycles. The van der Waals surface area contributed by atoms with Gasteiger partial charge in [0.25, 0.3) is 0 Å². The number of carbonyl (C=O) groups excluding carboxylic acids is 4. The third-order valence-electron chi connectivity index (χ3n) is 11.3. The number of fused-ring (bicyclic) bond motifs is 1. The molecule has 3 aliphatic rings. The first-order chi connectivity index (χ1) is 26.5. The Morgan fingerprint density at radius 2 is 1.31 bits per heavy atom. The number of benzene rings is 3. The van der Waals surface area contributed by atoms with E-state index in [-0.39, 0.29) is 35.9 Å². The lowest BCUT2D eigenvalue weighted by molar-refractivity contribution is -0.189. The monoisotopic (exact) mass is 776 g/mol. The van der Waals surface area contributed by atoms with Crippen LogP contribution in [0.25, 0.3) is 0 Å². The highest BCUT2D eigenvalue weighted by Gasteiger charge is 2.47. The van der Waals surface area contributed by atoms with Gasteiger partial charge in [0.1, 0.15) is 12.1 Å². The molecule has 6 atom stereocenters. The molecule has 12 heteroatoms. The maximum absolute atomic E-state index is 14.2. The molecule has 294 valence electrons. The molecule has 3 aromatic carbocycles. The van der Waals surface area contributed by atoms with Crippen molar-refractivity contribution < 1.29 is 32.3 Å². The number of amides is 4. The van der Waals surface area contributed by atoms with Crippen LogP contribution < -0.4 is 15.5 Å². The number of piperidine rings is 1. The van der Waals surface area contributed by atoms with Gasteiger partial charge < -0.3 is 20.4 Å². The Morgan fingerprint density at radius 1 is 0.745 bits per heavy atom. The highest BCUT2D eigenvalue weighted by molar-refractivity contribution is 7.99. The smallest absolute Gasteiger partial charge is 0.344 e. The van der Waals surface area contributed by atoms with Gasteiger partial charge in [0.2, 0.25) is 23.6 Å². The van der Waals surface area contributed by atoms with Crippen LogP contribution in [-0.4, -0.2) is 71.0 Å². The molecule has 55 heavy (non-hydrogen) atoms. The van der Waals surface area contributed by atoms with Gasteiger partial charge in [0.15, 0.2) is 0 Å². The van der Waals surface area contributed by atoms with Gasteiger partial charge in [-0.15, -0.1) is 11.8 Å². The zero-order valence-corrected chi connectivity index (χ0v) is 32.1. The largest absolute Gasteiger partial charge is 0.393 e. The number of hydrogen-bond donors (Lipinski definition) is 2. The van der Waals surface area contributed by atoms with Crippen molar-refractivity contribution in [2.45, 2.75) is 94.8 Å². The van der Waals surface area contributed by atoms with Crippen LogP contribution in [0.3, 0.4) is 0 Å². The van der Waals surface area contributed by atoms with Crippen molar-refractivity contribution in [2.24, 2.45) is 17.8 Å². The Balaban J connectivity index is 1.19. The van der Waals surface area contributed by atoms with Gasteiger partial charge in [-0.3, -0.25) is 19.2 Å². The molecular formula is C43H51F3N4O4S. The van der Waals surface area contributed by atoms with Gasteiger partial charge in [-0.1, -0.05) is 78.9 Å². The molecule has 0 aliphatic carbocycles. The summed E-state index contributed by atoms with van der Waals surface area (Å²) in [6.45, 7) is 2.14. The molecule has 6 rings (SSSR count). The number of aryl methyl sites for hydroxylation is 1. The van der Waals surface area contributed by atoms with Crippen molar-refractivity contribution in [3.8, 4) is 0 Å². The third-order valence-corrected chi connectivity index (χ3v) is 12.6. The molecular weight excluding hydrogens is 726 g/mol. The lowest BCUT2D eigenvalue weighted by atomic mass is 9.86. The summed E-state index contributed by atoms with van der Waals surface area (Å²) in [6.07, 6.45) is -0.270. The molecule has 3 aromatic rings. The Labute approximate surface area is 326 Å². The van der Waals surface area contributed by atoms with Crippen LogP contribution in [0.15, 0.2) is 84.9 Å². The summed E-state index contributed by atoms with van der Waals surface area (Å²) in [6, 6.07) is 25.3. The molecule has 0 bridgehead atoms. The van der Waals surface area contributed by atoms with E-state index in [1.807, 2.05) is 91.9 Å². The topological polar surface area (TPSA) is 98.8 Å². The Hall–Kier alpha value is -4.32. The number of carbonyl (C=O) groups is 4. The van der Waals surface area contributed by atoms with E-state index < -0.39 is 48.5 Å². The van der Waals surface area contributed by atoms with E-state index in [0.29, 0.717) is 50.8 Å². The van der Waals surface area contributed by atoms with Crippen LogP contribution >= 0.6 is 11.8 Å². The summed E-state index contributed by atoms with van der Waals surface area (Å²) in [7, 11) is 0. The van der Waals surface area contributed by atoms with E-state index in [0.717, 1.165) is 35.2 Å². The molecule has 0 radical (unpaired) electrons. The predicted molar refractivity (Wildman–Crippen MR) is 209 cm³/mol. The number of alkyl halides is 3. The van der Waals surface area contributed by atoms with Gasteiger partial charge in [-0.25, -0.2) is 0 Å². The van der Waals surface area contributed by atoms with Crippen LogP contribution in [0.2, 0.25) is 0 Å². The predicted octanol–water partition coefficient (Wildman–Crippen LogP) is 7.24. The summed E-state index contributed by atoms with van der Waals surface area (Å²) in [4.78, 5) is 59.2. The van der Waals surface area contributed by atoms with Crippen LogP contribution in [0, 0.1) is 24.7 Å². The highest BCUT2D eigenvalue weighted by Crippen LogP contribution is 2.40. The summed E-state index contributed by atoms with van der Waals surface area (Å²) in [5.74, 6) is -3.43. The molecule has 0 spiro atoms. The molecule has 3 fully saturated rings. The van der Waals surface area contributed by atoms with Crippen molar-refractivity contribution in [1.82, 2.24) is 15.5 Å². The average Bonchev–Trinajstić information content (AvgIpc) is 3.45. The number of nitrogens with one attached hydrogen (secondary N) is 2. The second-order valence-corrected chi connectivity index (χ2v) is 16.5. The Morgan fingerprint density at radius 3 is 1.89 bits per heavy atom. The zero-order chi connectivity index (χ0) is 39.0. The lowest BCUT2D eigenvalue weighted by Crippen LogP contribution is -2.55. The fourth-order valence-electron chi connectivity index (χ4n) is 8.11. The minimum absolute atomic E-state index is 0.0152. The van der Waals surface area contributed by atoms with Gasteiger partial charge in [0, 0.05) is 30.6 Å². The molecule has 3 saturated heterocycles. The van der Waals surface area contributed by atoms with Crippen LogP contribution in [0.1, 0.15) is 68.1 Å². The second-order valence-electron chi connectivity index (χ2n) is 15.2. The van der Waals surface area contributed by atoms with Crippen LogP contribution in [-0.2, 0) is 32.0 Å². The number of thioether (sulfide) groups is 1. The number of nitrogens with zero attached hydrogens (tertiary/aromatic N) is 2. The number of halogens is 3. The third kappa shape index (κ3) is 10.5. The fraction of sp³-hybridized carbons (Fsp3) is 0.488. The zero-order valence-electron chi connectivity index (χ0n) is 31.3. The fourth-order valence-corrected chi connectivity index (χ4v) is 9.42. The number of rotatable bonds is 12. The van der Waals surface area contributed by atoms with Gasteiger partial charge in [-0.2, -0.15) is 13.2 Å². The van der Waals surface area contributed by atoms with E-state index in [1.54, 1.807) is 4.90 Å². The normalized spacial score (nSPS) is 23.2. The first kappa shape index (κ1) is 40.3. The molecule has 0 aromatic heterocycles. The maximum atomic E-state index is 14.2. The van der Waals surface area contributed by atoms with Crippen molar-refractivity contribution in [2.75, 3.05) is 23.7 Å². The molecule has 0 saturated carbocycles. The number of anilines is 1. The van der Waals surface area contributed by atoms with Crippen LogP contribution in [0.4, 0.5) is 18.9 Å². The molecule has 4 amide bonds. The minimum atomic E-state index is -4.39. The molecule has 8 nitrogen and oxygen atoms in total. The first-order valence-electron chi connectivity index (χ1n) is 19.5. The summed E-state index contributed by atoms with van der Waals surface area (Å²) in [5, 5.41) is 5.71. The summed E-state index contributed by atoms with van der Waals surface area (Å²) >= 11 is 1.47. The molecule has 3 aliphatic heterocycles. The van der Waals surface area contributed by atoms with E-state index in [2.05, 4.69) is 10.6 Å². The summed E-state index contributed by atoms with van der Waals surface area (Å²) in [5.41, 5.74) is 3.69. The van der Waals surface area contributed by atoms with Gasteiger partial charge >= 0.3 is 6.18 Å². The SMILES string of the molecule is Cc1ccccc1N1CCCC[C@H](NC(=O)[C@H](CC[C@H](Cc2ccccc2)C(=O)N[C@H]2CCS[C@H]3CC[C@@H](C(F)(F)F)CN3C2=O)Cc2ccccc2)C1=O. The van der Waals surface area contributed by atoms with Gasteiger partial charge in [0.05, 0.1) is 11.3 Å². The van der Waals surface area contributed by atoms with Crippen molar-refractivity contribution in [3.05, 3.63) is 102 Å². The van der Waals surface area contributed by atoms with Gasteiger partial charge in [-0.05, 0) is 99.6 Å². The van der Waals surface area contributed by atoms with E-state index in [9.17, 15) is 32.3 Å².